The van der Waals surface area contributed by atoms with E-state index in [4.69, 9.17) is 0 Å². The largest absolute Gasteiger partial charge is 0.416 e. The van der Waals surface area contributed by atoms with E-state index >= 15 is 0 Å². The van der Waals surface area contributed by atoms with Gasteiger partial charge in [0.05, 0.1) is 24.2 Å². The van der Waals surface area contributed by atoms with Gasteiger partial charge in [-0.15, -0.1) is 5.10 Å². The number of rotatable bonds is 4. The van der Waals surface area contributed by atoms with Crippen LogP contribution >= 0.6 is 0 Å². The lowest BCUT2D eigenvalue weighted by atomic mass is 9.87. The van der Waals surface area contributed by atoms with Gasteiger partial charge in [0.15, 0.2) is 0 Å². The SMILES string of the molecule is Cn1nnc(N(Cc2cc(C(F)(F)F)cc(C(F)(F)F)c2)[C@H]2CCCNc3cc4c(cc32)CCCC4)n1. The Morgan fingerprint density at radius 2 is 1.57 bits per heavy atom. The molecule has 0 unspecified atom stereocenters. The van der Waals surface area contributed by atoms with Gasteiger partial charge in [-0.05, 0) is 90.3 Å². The number of nitrogens with one attached hydrogen (secondary N) is 1. The van der Waals surface area contributed by atoms with Crippen molar-refractivity contribution in [1.82, 2.24) is 20.2 Å². The van der Waals surface area contributed by atoms with Crippen molar-refractivity contribution in [3.8, 4) is 0 Å². The van der Waals surface area contributed by atoms with E-state index in [1.165, 1.54) is 15.9 Å². The van der Waals surface area contributed by atoms with Crippen LogP contribution in [0.25, 0.3) is 0 Å². The maximum Gasteiger partial charge on any atom is 0.416 e. The van der Waals surface area contributed by atoms with Crippen LogP contribution in [0.15, 0.2) is 30.3 Å². The molecule has 12 heteroatoms. The smallest absolute Gasteiger partial charge is 0.385 e. The molecule has 3 aromatic rings. The van der Waals surface area contributed by atoms with Gasteiger partial charge in [0.1, 0.15) is 0 Å². The van der Waals surface area contributed by atoms with Crippen LogP contribution in [0.1, 0.15) is 65.1 Å². The number of alkyl halides is 6. The molecular weight excluding hydrogens is 498 g/mol. The first kappa shape index (κ1) is 25.3. The minimum atomic E-state index is -4.93. The van der Waals surface area contributed by atoms with Crippen molar-refractivity contribution in [1.29, 1.82) is 0 Å². The van der Waals surface area contributed by atoms with Gasteiger partial charge in [-0.1, -0.05) is 11.2 Å². The van der Waals surface area contributed by atoms with E-state index in [0.717, 1.165) is 55.5 Å². The van der Waals surface area contributed by atoms with Gasteiger partial charge < -0.3 is 10.2 Å². The summed E-state index contributed by atoms with van der Waals surface area (Å²) in [6.07, 6.45) is -4.39. The van der Waals surface area contributed by atoms with Gasteiger partial charge >= 0.3 is 12.4 Å². The number of benzene rings is 2. The Hall–Kier alpha value is -3.31. The number of hydrogen-bond donors (Lipinski definition) is 1. The molecule has 1 aromatic heterocycles. The molecule has 1 atom stereocenters. The summed E-state index contributed by atoms with van der Waals surface area (Å²) < 4.78 is 81.2. The highest BCUT2D eigenvalue weighted by Gasteiger charge is 2.38. The van der Waals surface area contributed by atoms with Crippen LogP contribution in [0.5, 0.6) is 0 Å². The maximum absolute atomic E-state index is 13.5. The summed E-state index contributed by atoms with van der Waals surface area (Å²) in [6.45, 7) is 0.450. The van der Waals surface area contributed by atoms with Gasteiger partial charge in [0.25, 0.3) is 5.95 Å². The molecule has 0 saturated carbocycles. The van der Waals surface area contributed by atoms with Crippen LogP contribution in [0.3, 0.4) is 0 Å². The molecule has 1 aliphatic heterocycles. The predicted octanol–water partition coefficient (Wildman–Crippen LogP) is 6.08. The van der Waals surface area contributed by atoms with Crippen molar-refractivity contribution in [2.75, 3.05) is 16.8 Å². The van der Waals surface area contributed by atoms with Gasteiger partial charge in [0, 0.05) is 18.8 Å². The second kappa shape index (κ2) is 9.53. The molecule has 0 bridgehead atoms. The molecule has 0 saturated heterocycles. The normalized spacial score (nSPS) is 18.0. The second-order valence-corrected chi connectivity index (χ2v) is 9.62. The minimum Gasteiger partial charge on any atom is -0.385 e. The third-order valence-corrected chi connectivity index (χ3v) is 6.97. The number of halogens is 6. The summed E-state index contributed by atoms with van der Waals surface area (Å²) in [6, 6.07) is 5.57. The molecule has 0 spiro atoms. The van der Waals surface area contributed by atoms with E-state index in [1.54, 1.807) is 11.9 Å². The van der Waals surface area contributed by atoms with Crippen molar-refractivity contribution in [3.05, 3.63) is 63.7 Å². The van der Waals surface area contributed by atoms with Crippen molar-refractivity contribution in [3.63, 3.8) is 0 Å². The van der Waals surface area contributed by atoms with Crippen LogP contribution in [-0.2, 0) is 38.8 Å². The number of aromatic nitrogens is 4. The van der Waals surface area contributed by atoms with Gasteiger partial charge in [-0.3, -0.25) is 0 Å². The molecule has 2 aliphatic rings. The zero-order valence-corrected chi connectivity index (χ0v) is 20.1. The Labute approximate surface area is 209 Å². The fourth-order valence-electron chi connectivity index (χ4n) is 5.25. The lowest BCUT2D eigenvalue weighted by Gasteiger charge is -2.32. The highest BCUT2D eigenvalue weighted by Crippen LogP contribution is 2.41. The van der Waals surface area contributed by atoms with Gasteiger partial charge in [-0.2, -0.15) is 31.1 Å². The quantitative estimate of drug-likeness (QED) is 0.420. The number of tetrazole rings is 1. The molecule has 5 rings (SSSR count). The van der Waals surface area contributed by atoms with E-state index < -0.39 is 23.5 Å². The molecule has 1 aliphatic carbocycles. The van der Waals surface area contributed by atoms with Crippen molar-refractivity contribution >= 4 is 11.6 Å². The average molecular weight is 525 g/mol. The summed E-state index contributed by atoms with van der Waals surface area (Å²) >= 11 is 0. The van der Waals surface area contributed by atoms with Crippen molar-refractivity contribution in [2.45, 2.75) is 63.5 Å². The zero-order chi connectivity index (χ0) is 26.4. The summed E-state index contributed by atoms with van der Waals surface area (Å²) in [7, 11) is 1.56. The topological polar surface area (TPSA) is 58.9 Å². The first-order valence-corrected chi connectivity index (χ1v) is 12.2. The first-order chi connectivity index (χ1) is 17.5. The average Bonchev–Trinajstić information content (AvgIpc) is 3.16. The van der Waals surface area contributed by atoms with Crippen LogP contribution in [0, 0.1) is 0 Å². The molecule has 2 aromatic carbocycles. The Kier molecular flexibility index (Phi) is 6.53. The van der Waals surface area contributed by atoms with Crippen LogP contribution in [0.4, 0.5) is 38.0 Å². The van der Waals surface area contributed by atoms with Gasteiger partial charge in [0.2, 0.25) is 0 Å². The van der Waals surface area contributed by atoms with E-state index in [1.807, 2.05) is 0 Å². The summed E-state index contributed by atoms with van der Waals surface area (Å²) in [5.74, 6) is 0.143. The number of aryl methyl sites for hydroxylation is 3. The summed E-state index contributed by atoms with van der Waals surface area (Å²) in [4.78, 5) is 2.89. The Morgan fingerprint density at radius 1 is 0.919 bits per heavy atom. The van der Waals surface area contributed by atoms with E-state index in [2.05, 4.69) is 32.9 Å². The van der Waals surface area contributed by atoms with Crippen LogP contribution in [-0.4, -0.2) is 26.8 Å². The fourth-order valence-corrected chi connectivity index (χ4v) is 5.25. The first-order valence-electron chi connectivity index (χ1n) is 12.2. The highest BCUT2D eigenvalue weighted by molar-refractivity contribution is 5.60. The second-order valence-electron chi connectivity index (χ2n) is 9.62. The van der Waals surface area contributed by atoms with Crippen LogP contribution < -0.4 is 10.2 Å². The predicted molar refractivity (Wildman–Crippen MR) is 125 cm³/mol. The summed E-state index contributed by atoms with van der Waals surface area (Å²) in [5.41, 5.74) is 1.54. The van der Waals surface area contributed by atoms with Crippen LogP contribution in [0.2, 0.25) is 0 Å². The third kappa shape index (κ3) is 5.37. The maximum atomic E-state index is 13.5. The number of anilines is 2. The molecular formula is C25H26F6N6. The Balaban J connectivity index is 1.61. The third-order valence-electron chi connectivity index (χ3n) is 6.97. The zero-order valence-electron chi connectivity index (χ0n) is 20.1. The molecule has 1 N–H and O–H groups in total. The van der Waals surface area contributed by atoms with E-state index in [9.17, 15) is 26.3 Å². The lowest BCUT2D eigenvalue weighted by molar-refractivity contribution is -0.143. The van der Waals surface area contributed by atoms with Crippen molar-refractivity contribution < 1.29 is 26.3 Å². The Bertz CT molecular complexity index is 1250. The molecule has 0 fully saturated rings. The standard InChI is InChI=1S/C25H26F6N6/c1-36-34-23(33-35-36)37(14-15-9-18(24(26,27)28)13-19(10-15)25(29,30)31)22-7-4-8-32-21-12-17-6-3-2-5-16(17)11-20(21)22/h9-13,22,32H,2-8,14H2,1H3/t22-/m0/s1. The molecule has 6 nitrogen and oxygen atoms in total. The molecule has 198 valence electrons. The molecule has 0 amide bonds. The highest BCUT2D eigenvalue weighted by atomic mass is 19.4. The fraction of sp³-hybridized carbons (Fsp3) is 0.480. The number of nitrogens with zero attached hydrogens (tertiary/aromatic N) is 5. The Morgan fingerprint density at radius 3 is 2.16 bits per heavy atom. The van der Waals surface area contributed by atoms with E-state index in [-0.39, 0.29) is 30.2 Å². The van der Waals surface area contributed by atoms with Gasteiger partial charge in [-0.25, -0.2) is 0 Å². The number of fused-ring (bicyclic) bond motifs is 2. The molecule has 37 heavy (non-hydrogen) atoms. The summed E-state index contributed by atoms with van der Waals surface area (Å²) in [5, 5.41) is 15.7. The minimum absolute atomic E-state index is 0.133. The van der Waals surface area contributed by atoms with Crippen molar-refractivity contribution in [2.24, 2.45) is 7.05 Å². The van der Waals surface area contributed by atoms with E-state index in [0.29, 0.717) is 13.0 Å². The molecule has 0 radical (unpaired) electrons. The lowest BCUT2D eigenvalue weighted by Crippen LogP contribution is -2.30. The monoisotopic (exact) mass is 524 g/mol. The molecule has 2 heterocycles. The number of hydrogen-bond acceptors (Lipinski definition) is 5.